The highest BCUT2D eigenvalue weighted by Gasteiger charge is 2.17. The molecule has 5 nitrogen and oxygen atoms in total. The number of aromatic nitrogens is 3. The Kier molecular flexibility index (Phi) is 3.94. The van der Waals surface area contributed by atoms with Crippen LogP contribution in [0.3, 0.4) is 0 Å². The van der Waals surface area contributed by atoms with Crippen molar-refractivity contribution in [1.29, 1.82) is 0 Å². The van der Waals surface area contributed by atoms with Gasteiger partial charge in [-0.15, -0.1) is 0 Å². The first-order chi connectivity index (χ1) is 8.76. The average molecular weight is 246 g/mol. The fourth-order valence-electron chi connectivity index (χ4n) is 1.95. The Morgan fingerprint density at radius 2 is 2.17 bits per heavy atom. The third-order valence-electron chi connectivity index (χ3n) is 2.86. The van der Waals surface area contributed by atoms with Crippen LogP contribution in [0.25, 0.3) is 0 Å². The molecular weight excluding hydrogens is 228 g/mol. The van der Waals surface area contributed by atoms with Gasteiger partial charge in [0.15, 0.2) is 0 Å². The van der Waals surface area contributed by atoms with E-state index in [1.807, 2.05) is 30.1 Å². The van der Waals surface area contributed by atoms with Crippen LogP contribution in [0.5, 0.6) is 5.75 Å². The lowest BCUT2D eigenvalue weighted by molar-refractivity contribution is 0.411. The maximum Gasteiger partial charge on any atom is 0.137 e. The van der Waals surface area contributed by atoms with Crippen molar-refractivity contribution in [2.45, 2.75) is 13.0 Å². The van der Waals surface area contributed by atoms with Crippen LogP contribution in [0.2, 0.25) is 0 Å². The fraction of sp³-hybridized carbons (Fsp3) is 0.385. The predicted molar refractivity (Wildman–Crippen MR) is 69.5 cm³/mol. The van der Waals surface area contributed by atoms with Gasteiger partial charge in [0.1, 0.15) is 5.75 Å². The summed E-state index contributed by atoms with van der Waals surface area (Å²) in [7, 11) is 3.63. The van der Waals surface area contributed by atoms with Gasteiger partial charge in [-0.3, -0.25) is 4.98 Å². The lowest BCUT2D eigenvalue weighted by Gasteiger charge is -2.18. The van der Waals surface area contributed by atoms with E-state index < -0.39 is 0 Å². The number of hydrogen-bond acceptors (Lipinski definition) is 4. The van der Waals surface area contributed by atoms with Crippen molar-refractivity contribution in [3.8, 4) is 5.75 Å². The van der Waals surface area contributed by atoms with E-state index in [4.69, 9.17) is 4.74 Å². The van der Waals surface area contributed by atoms with E-state index in [0.29, 0.717) is 0 Å². The third kappa shape index (κ3) is 2.51. The van der Waals surface area contributed by atoms with E-state index in [2.05, 4.69) is 22.2 Å². The van der Waals surface area contributed by atoms with E-state index in [1.54, 1.807) is 19.6 Å². The molecule has 0 saturated carbocycles. The zero-order valence-electron chi connectivity index (χ0n) is 10.9. The summed E-state index contributed by atoms with van der Waals surface area (Å²) in [6, 6.07) is 2.07. The summed E-state index contributed by atoms with van der Waals surface area (Å²) in [6.07, 6.45) is 7.22. The van der Waals surface area contributed by atoms with Crippen molar-refractivity contribution < 1.29 is 4.74 Å². The molecule has 96 valence electrons. The molecule has 2 heterocycles. The molecule has 5 heteroatoms. The van der Waals surface area contributed by atoms with Crippen LogP contribution < -0.4 is 10.1 Å². The molecule has 0 saturated heterocycles. The van der Waals surface area contributed by atoms with Gasteiger partial charge in [0, 0.05) is 13.2 Å². The second-order valence-electron chi connectivity index (χ2n) is 4.08. The Morgan fingerprint density at radius 1 is 1.33 bits per heavy atom. The summed E-state index contributed by atoms with van der Waals surface area (Å²) in [4.78, 5) is 8.37. The Bertz CT molecular complexity index is 509. The van der Waals surface area contributed by atoms with Crippen molar-refractivity contribution in [3.05, 3.63) is 42.2 Å². The Labute approximate surface area is 107 Å². The second kappa shape index (κ2) is 5.64. The number of methoxy groups -OCH3 is 1. The first-order valence-corrected chi connectivity index (χ1v) is 5.94. The molecule has 1 atom stereocenters. The molecule has 0 bridgehead atoms. The quantitative estimate of drug-likeness (QED) is 0.869. The summed E-state index contributed by atoms with van der Waals surface area (Å²) < 4.78 is 7.22. The largest absolute Gasteiger partial charge is 0.495 e. The van der Waals surface area contributed by atoms with Gasteiger partial charge in [-0.05, 0) is 18.2 Å². The standard InChI is InChI=1S/C13H18N4O/c1-4-16-13(12-8-15-9-17(12)2)10-5-11(18-3)7-14-6-10/h5-9,13,16H,4H2,1-3H3. The Hall–Kier alpha value is -1.88. The molecule has 0 radical (unpaired) electrons. The summed E-state index contributed by atoms with van der Waals surface area (Å²) in [6.45, 7) is 2.95. The molecule has 0 aliphatic heterocycles. The van der Waals surface area contributed by atoms with Crippen LogP contribution in [-0.2, 0) is 7.05 Å². The topological polar surface area (TPSA) is 52.0 Å². The molecule has 0 amide bonds. The minimum Gasteiger partial charge on any atom is -0.495 e. The maximum absolute atomic E-state index is 5.22. The van der Waals surface area contributed by atoms with E-state index >= 15 is 0 Å². The molecule has 0 aliphatic rings. The minimum atomic E-state index is 0.0742. The molecular formula is C13H18N4O. The van der Waals surface area contributed by atoms with Gasteiger partial charge >= 0.3 is 0 Å². The van der Waals surface area contributed by atoms with Crippen LogP contribution in [0.1, 0.15) is 24.2 Å². The average Bonchev–Trinajstić information content (AvgIpc) is 2.82. The lowest BCUT2D eigenvalue weighted by atomic mass is 10.1. The number of rotatable bonds is 5. The molecule has 2 aromatic rings. The lowest BCUT2D eigenvalue weighted by Crippen LogP contribution is -2.24. The monoisotopic (exact) mass is 246 g/mol. The number of aryl methyl sites for hydroxylation is 1. The van der Waals surface area contributed by atoms with Gasteiger partial charge in [-0.25, -0.2) is 4.98 Å². The number of pyridine rings is 1. The van der Waals surface area contributed by atoms with Crippen molar-refractivity contribution >= 4 is 0 Å². The van der Waals surface area contributed by atoms with Gasteiger partial charge in [-0.2, -0.15) is 0 Å². The van der Waals surface area contributed by atoms with Gasteiger partial charge in [0.25, 0.3) is 0 Å². The highest BCUT2D eigenvalue weighted by atomic mass is 16.5. The summed E-state index contributed by atoms with van der Waals surface area (Å²) in [5.41, 5.74) is 2.17. The Morgan fingerprint density at radius 3 is 2.78 bits per heavy atom. The summed E-state index contributed by atoms with van der Waals surface area (Å²) >= 11 is 0. The van der Waals surface area contributed by atoms with E-state index in [0.717, 1.165) is 23.6 Å². The molecule has 0 spiro atoms. The molecule has 1 N–H and O–H groups in total. The zero-order chi connectivity index (χ0) is 13.0. The first kappa shape index (κ1) is 12.6. The fourth-order valence-corrected chi connectivity index (χ4v) is 1.95. The van der Waals surface area contributed by atoms with Crippen LogP contribution in [0.4, 0.5) is 0 Å². The second-order valence-corrected chi connectivity index (χ2v) is 4.08. The highest BCUT2D eigenvalue weighted by Crippen LogP contribution is 2.23. The summed E-state index contributed by atoms with van der Waals surface area (Å²) in [5, 5.41) is 3.44. The van der Waals surface area contributed by atoms with Crippen molar-refractivity contribution in [3.63, 3.8) is 0 Å². The normalized spacial score (nSPS) is 12.4. The molecule has 2 aromatic heterocycles. The van der Waals surface area contributed by atoms with Gasteiger partial charge < -0.3 is 14.6 Å². The van der Waals surface area contributed by atoms with Gasteiger partial charge in [-0.1, -0.05) is 6.92 Å². The highest BCUT2D eigenvalue weighted by molar-refractivity contribution is 5.31. The van der Waals surface area contributed by atoms with Gasteiger partial charge in [0.05, 0.1) is 37.6 Å². The molecule has 1 unspecified atom stereocenters. The van der Waals surface area contributed by atoms with Crippen LogP contribution >= 0.6 is 0 Å². The molecule has 0 aromatic carbocycles. The number of nitrogens with zero attached hydrogens (tertiary/aromatic N) is 3. The maximum atomic E-state index is 5.22. The predicted octanol–water partition coefficient (Wildman–Crippen LogP) is 1.52. The number of nitrogens with one attached hydrogen (secondary N) is 1. The smallest absolute Gasteiger partial charge is 0.137 e. The van der Waals surface area contributed by atoms with E-state index in [1.165, 1.54) is 0 Å². The van der Waals surface area contributed by atoms with E-state index in [9.17, 15) is 0 Å². The summed E-state index contributed by atoms with van der Waals surface area (Å²) in [5.74, 6) is 0.762. The molecule has 0 fully saturated rings. The SMILES string of the molecule is CCNC(c1cncc(OC)c1)c1cncn1C. The van der Waals surface area contributed by atoms with Crippen molar-refractivity contribution in [1.82, 2.24) is 19.9 Å². The van der Waals surface area contributed by atoms with E-state index in [-0.39, 0.29) is 6.04 Å². The van der Waals surface area contributed by atoms with Crippen molar-refractivity contribution in [2.24, 2.45) is 7.05 Å². The van der Waals surface area contributed by atoms with Crippen LogP contribution in [0.15, 0.2) is 31.0 Å². The number of ether oxygens (including phenoxy) is 1. The third-order valence-corrected chi connectivity index (χ3v) is 2.86. The number of imidazole rings is 1. The van der Waals surface area contributed by atoms with Gasteiger partial charge in [0.2, 0.25) is 0 Å². The van der Waals surface area contributed by atoms with Crippen molar-refractivity contribution in [2.75, 3.05) is 13.7 Å². The molecule has 0 aliphatic carbocycles. The Balaban J connectivity index is 2.38. The van der Waals surface area contributed by atoms with Crippen LogP contribution in [-0.4, -0.2) is 28.2 Å². The molecule has 18 heavy (non-hydrogen) atoms. The van der Waals surface area contributed by atoms with Crippen LogP contribution in [0, 0.1) is 0 Å². The first-order valence-electron chi connectivity index (χ1n) is 5.94. The number of hydrogen-bond donors (Lipinski definition) is 1. The molecule has 2 rings (SSSR count). The minimum absolute atomic E-state index is 0.0742. The zero-order valence-corrected chi connectivity index (χ0v) is 10.9.